The molecule has 4 heteroatoms. The number of alkyl halides is 1. The number of nitrogens with zero attached hydrogens (tertiary/aromatic N) is 3. The van der Waals surface area contributed by atoms with Crippen LogP contribution in [0.4, 0.5) is 5.95 Å². The van der Waals surface area contributed by atoms with Crippen LogP contribution in [0.1, 0.15) is 31.2 Å². The maximum Gasteiger partial charge on any atom is 0.225 e. The van der Waals surface area contributed by atoms with Gasteiger partial charge in [-0.15, -0.1) is 0 Å². The maximum atomic E-state index is 4.38. The second-order valence-corrected chi connectivity index (χ2v) is 5.72. The lowest BCUT2D eigenvalue weighted by Crippen LogP contribution is -2.41. The van der Waals surface area contributed by atoms with E-state index in [9.17, 15) is 0 Å². The minimum Gasteiger partial charge on any atom is -0.340 e. The smallest absolute Gasteiger partial charge is 0.225 e. The van der Waals surface area contributed by atoms with Crippen LogP contribution in [0.15, 0.2) is 12.4 Å². The van der Waals surface area contributed by atoms with Crippen molar-refractivity contribution in [2.24, 2.45) is 0 Å². The molecule has 88 valence electrons. The van der Waals surface area contributed by atoms with Crippen molar-refractivity contribution >= 4 is 21.9 Å². The van der Waals surface area contributed by atoms with E-state index in [-0.39, 0.29) is 0 Å². The van der Waals surface area contributed by atoms with Crippen LogP contribution in [0.3, 0.4) is 0 Å². The summed E-state index contributed by atoms with van der Waals surface area (Å²) in [6, 6.07) is 0.524. The van der Waals surface area contributed by atoms with Gasteiger partial charge in [0, 0.05) is 30.3 Å². The van der Waals surface area contributed by atoms with Crippen LogP contribution in [0, 0.1) is 6.92 Å². The van der Waals surface area contributed by atoms with Crippen LogP contribution in [0.25, 0.3) is 0 Å². The number of rotatable bonds is 2. The van der Waals surface area contributed by atoms with Gasteiger partial charge >= 0.3 is 0 Å². The van der Waals surface area contributed by atoms with Gasteiger partial charge in [0.1, 0.15) is 0 Å². The van der Waals surface area contributed by atoms with Crippen LogP contribution in [-0.4, -0.2) is 27.9 Å². The molecule has 1 aromatic rings. The fourth-order valence-corrected chi connectivity index (χ4v) is 3.16. The van der Waals surface area contributed by atoms with Crippen molar-refractivity contribution in [1.29, 1.82) is 0 Å². The highest BCUT2D eigenvalue weighted by molar-refractivity contribution is 9.09. The molecule has 3 nitrogen and oxygen atoms in total. The van der Waals surface area contributed by atoms with Crippen LogP contribution in [0.5, 0.6) is 0 Å². The fourth-order valence-electron chi connectivity index (χ4n) is 2.22. The highest BCUT2D eigenvalue weighted by Gasteiger charge is 2.27. The first kappa shape index (κ1) is 11.8. The summed E-state index contributed by atoms with van der Waals surface area (Å²) in [6.07, 6.45) is 8.87. The van der Waals surface area contributed by atoms with Crippen LogP contribution < -0.4 is 4.90 Å². The summed E-state index contributed by atoms with van der Waals surface area (Å²) >= 11 is 3.77. The molecule has 2 rings (SSSR count). The molecule has 16 heavy (non-hydrogen) atoms. The number of aromatic nitrogens is 2. The third-order valence-electron chi connectivity index (χ3n) is 3.23. The van der Waals surface area contributed by atoms with Gasteiger partial charge in [-0.3, -0.25) is 0 Å². The summed E-state index contributed by atoms with van der Waals surface area (Å²) < 4.78 is 0. The Balaban J connectivity index is 2.11. The Bertz CT molecular complexity index is 339. The minimum absolute atomic E-state index is 0.524. The lowest BCUT2D eigenvalue weighted by molar-refractivity contribution is 0.440. The van der Waals surface area contributed by atoms with Crippen LogP contribution >= 0.6 is 15.9 Å². The molecule has 1 aliphatic rings. The molecule has 0 radical (unpaired) electrons. The summed E-state index contributed by atoms with van der Waals surface area (Å²) in [5, 5.41) is 0. The second kappa shape index (κ2) is 5.13. The predicted octanol–water partition coefficient (Wildman–Crippen LogP) is 2.93. The number of halogens is 1. The van der Waals surface area contributed by atoms with E-state index in [0.29, 0.717) is 10.9 Å². The first-order valence-electron chi connectivity index (χ1n) is 5.84. The number of aryl methyl sites for hydroxylation is 1. The standard InChI is InChI=1S/C12H18BrN3/c1-9-7-14-12(15-8-9)16(2)11-6-4-3-5-10(11)13/h7-8,10-11H,3-6H2,1-2H3. The Labute approximate surface area is 105 Å². The number of anilines is 1. The average molecular weight is 284 g/mol. The molecule has 1 heterocycles. The lowest BCUT2D eigenvalue weighted by atomic mass is 9.94. The molecular weight excluding hydrogens is 266 g/mol. The Kier molecular flexibility index (Phi) is 3.79. The topological polar surface area (TPSA) is 29.0 Å². The van der Waals surface area contributed by atoms with E-state index < -0.39 is 0 Å². The molecule has 0 N–H and O–H groups in total. The van der Waals surface area contributed by atoms with E-state index in [4.69, 9.17) is 0 Å². The van der Waals surface area contributed by atoms with E-state index >= 15 is 0 Å². The van der Waals surface area contributed by atoms with E-state index in [2.05, 4.69) is 37.8 Å². The molecule has 0 spiro atoms. The van der Waals surface area contributed by atoms with Crippen molar-refractivity contribution in [2.45, 2.75) is 43.5 Å². The van der Waals surface area contributed by atoms with E-state index in [1.165, 1.54) is 25.7 Å². The summed E-state index contributed by atoms with van der Waals surface area (Å²) in [4.78, 5) is 11.5. The van der Waals surface area contributed by atoms with Gasteiger partial charge in [-0.05, 0) is 25.3 Å². The monoisotopic (exact) mass is 283 g/mol. The lowest BCUT2D eigenvalue weighted by Gasteiger charge is -2.35. The maximum absolute atomic E-state index is 4.38. The van der Waals surface area contributed by atoms with E-state index in [0.717, 1.165) is 11.5 Å². The molecule has 1 fully saturated rings. The molecule has 0 saturated heterocycles. The van der Waals surface area contributed by atoms with Crippen molar-refractivity contribution in [1.82, 2.24) is 9.97 Å². The first-order valence-corrected chi connectivity index (χ1v) is 6.75. The largest absolute Gasteiger partial charge is 0.340 e. The molecule has 2 unspecified atom stereocenters. The Morgan fingerprint density at radius 1 is 1.25 bits per heavy atom. The highest BCUT2D eigenvalue weighted by Crippen LogP contribution is 2.29. The van der Waals surface area contributed by atoms with Gasteiger partial charge in [-0.2, -0.15) is 0 Å². The van der Waals surface area contributed by atoms with Crippen molar-refractivity contribution in [2.75, 3.05) is 11.9 Å². The summed E-state index contributed by atoms with van der Waals surface area (Å²) in [5.41, 5.74) is 1.11. The predicted molar refractivity (Wildman–Crippen MR) is 70.1 cm³/mol. The average Bonchev–Trinajstić information content (AvgIpc) is 2.30. The third-order valence-corrected chi connectivity index (χ3v) is 4.30. The Hall–Kier alpha value is -0.640. The second-order valence-electron chi connectivity index (χ2n) is 4.54. The highest BCUT2D eigenvalue weighted by atomic mass is 79.9. The van der Waals surface area contributed by atoms with E-state index in [1.54, 1.807) is 0 Å². The van der Waals surface area contributed by atoms with Gasteiger partial charge in [0.25, 0.3) is 0 Å². The molecule has 1 aromatic heterocycles. The molecular formula is C12H18BrN3. The summed E-state index contributed by atoms with van der Waals surface area (Å²) in [5.74, 6) is 0.835. The molecule has 0 aromatic carbocycles. The molecule has 0 amide bonds. The number of hydrogen-bond acceptors (Lipinski definition) is 3. The summed E-state index contributed by atoms with van der Waals surface area (Å²) in [6.45, 7) is 2.01. The normalized spacial score (nSPS) is 25.4. The van der Waals surface area contributed by atoms with Gasteiger partial charge in [0.2, 0.25) is 5.95 Å². The van der Waals surface area contributed by atoms with Crippen molar-refractivity contribution in [3.05, 3.63) is 18.0 Å². The molecule has 1 aliphatic carbocycles. The Morgan fingerprint density at radius 2 is 1.88 bits per heavy atom. The van der Waals surface area contributed by atoms with Gasteiger partial charge in [-0.1, -0.05) is 28.8 Å². The zero-order valence-electron chi connectivity index (χ0n) is 9.86. The van der Waals surface area contributed by atoms with Crippen molar-refractivity contribution in [3.63, 3.8) is 0 Å². The zero-order valence-corrected chi connectivity index (χ0v) is 11.4. The quantitative estimate of drug-likeness (QED) is 0.782. The van der Waals surface area contributed by atoms with Gasteiger partial charge < -0.3 is 4.90 Å². The molecule has 2 atom stereocenters. The van der Waals surface area contributed by atoms with Gasteiger partial charge in [0.05, 0.1) is 0 Å². The van der Waals surface area contributed by atoms with Crippen LogP contribution in [0.2, 0.25) is 0 Å². The van der Waals surface area contributed by atoms with Crippen LogP contribution in [-0.2, 0) is 0 Å². The van der Waals surface area contributed by atoms with Crippen molar-refractivity contribution in [3.8, 4) is 0 Å². The zero-order chi connectivity index (χ0) is 11.5. The fraction of sp³-hybridized carbons (Fsp3) is 0.667. The molecule has 0 bridgehead atoms. The van der Waals surface area contributed by atoms with Crippen molar-refractivity contribution < 1.29 is 0 Å². The van der Waals surface area contributed by atoms with Gasteiger partial charge in [0.15, 0.2) is 0 Å². The third kappa shape index (κ3) is 2.54. The van der Waals surface area contributed by atoms with Gasteiger partial charge in [-0.25, -0.2) is 9.97 Å². The Morgan fingerprint density at radius 3 is 2.50 bits per heavy atom. The SMILES string of the molecule is Cc1cnc(N(C)C2CCCCC2Br)nc1. The minimum atomic E-state index is 0.524. The van der Waals surface area contributed by atoms with E-state index in [1.807, 2.05) is 19.3 Å². The summed E-state index contributed by atoms with van der Waals surface area (Å²) in [7, 11) is 2.09. The first-order chi connectivity index (χ1) is 7.68. The number of hydrogen-bond donors (Lipinski definition) is 0. The molecule has 0 aliphatic heterocycles. The molecule has 1 saturated carbocycles.